The molecule has 4 nitrogen and oxygen atoms in total. The van der Waals surface area contributed by atoms with Gasteiger partial charge in [0.25, 0.3) is 0 Å². The average molecular weight is 304 g/mol. The number of hydrogen-bond acceptors (Lipinski definition) is 3. The van der Waals surface area contributed by atoms with E-state index < -0.39 is 17.6 Å². The summed E-state index contributed by atoms with van der Waals surface area (Å²) in [5, 5.41) is 13.6. The molecule has 23 heavy (non-hydrogen) atoms. The van der Waals surface area contributed by atoms with Gasteiger partial charge < -0.3 is 5.32 Å². The van der Waals surface area contributed by atoms with Gasteiger partial charge in [0.1, 0.15) is 0 Å². The number of carbonyl (C=O) groups is 2. The summed E-state index contributed by atoms with van der Waals surface area (Å²) >= 11 is 0. The molecule has 0 aliphatic rings. The number of ketones is 1. The minimum atomic E-state index is -1.30. The van der Waals surface area contributed by atoms with E-state index in [4.69, 9.17) is 11.7 Å². The van der Waals surface area contributed by atoms with Crippen LogP contribution in [0, 0.1) is 29.6 Å². The second-order valence-electron chi connectivity index (χ2n) is 5.13. The van der Waals surface area contributed by atoms with Gasteiger partial charge in [-0.1, -0.05) is 48.4 Å². The zero-order valence-corrected chi connectivity index (χ0v) is 12.6. The summed E-state index contributed by atoms with van der Waals surface area (Å²) in [6, 6.07) is 15.7. The average Bonchev–Trinajstić information content (AvgIpc) is 2.58. The molecule has 2 rings (SSSR count). The third kappa shape index (κ3) is 4.18. The number of nitriles is 1. The minimum absolute atomic E-state index is 0.00890. The van der Waals surface area contributed by atoms with Crippen molar-refractivity contribution in [2.45, 2.75) is 12.8 Å². The lowest BCUT2D eigenvalue weighted by Crippen LogP contribution is -2.34. The van der Waals surface area contributed by atoms with Gasteiger partial charge in [0.15, 0.2) is 11.7 Å². The highest BCUT2D eigenvalue weighted by molar-refractivity contribution is 6.04. The summed E-state index contributed by atoms with van der Waals surface area (Å²) in [7, 11) is 0. The number of fused-ring (bicyclic) bond motifs is 1. The number of terminal acetylenes is 1. The zero-order chi connectivity index (χ0) is 16.7. The molecule has 0 heterocycles. The Kier molecular flexibility index (Phi) is 5.50. The molecule has 0 bridgehead atoms. The highest BCUT2D eigenvalue weighted by atomic mass is 16.2. The zero-order valence-electron chi connectivity index (χ0n) is 12.6. The van der Waals surface area contributed by atoms with E-state index >= 15 is 0 Å². The lowest BCUT2D eigenvalue weighted by Gasteiger charge is -2.08. The van der Waals surface area contributed by atoms with Gasteiger partial charge in [-0.05, 0) is 22.8 Å². The van der Waals surface area contributed by atoms with Gasteiger partial charge in [-0.2, -0.15) is 5.26 Å². The van der Waals surface area contributed by atoms with Crippen LogP contribution in [0.2, 0.25) is 0 Å². The van der Waals surface area contributed by atoms with E-state index in [0.717, 1.165) is 16.3 Å². The van der Waals surface area contributed by atoms with Crippen LogP contribution in [0.4, 0.5) is 0 Å². The molecule has 1 atom stereocenters. The monoisotopic (exact) mass is 304 g/mol. The Morgan fingerprint density at radius 3 is 2.61 bits per heavy atom. The van der Waals surface area contributed by atoms with Gasteiger partial charge in [-0.3, -0.25) is 9.59 Å². The molecule has 1 unspecified atom stereocenters. The predicted molar refractivity (Wildman–Crippen MR) is 88.2 cm³/mol. The van der Waals surface area contributed by atoms with Crippen LogP contribution in [0.3, 0.4) is 0 Å². The molecular weight excluding hydrogens is 288 g/mol. The fraction of sp³-hybridized carbons (Fsp3) is 0.211. The molecule has 0 saturated heterocycles. The second kappa shape index (κ2) is 7.77. The third-order valence-electron chi connectivity index (χ3n) is 3.55. The normalized spacial score (nSPS) is 11.2. The number of nitrogens with zero attached hydrogens (tertiary/aromatic N) is 1. The van der Waals surface area contributed by atoms with Gasteiger partial charge in [0.05, 0.1) is 12.6 Å². The maximum Gasteiger partial charge on any atom is 0.245 e. The van der Waals surface area contributed by atoms with Crippen molar-refractivity contribution in [3.05, 3.63) is 48.0 Å². The van der Waals surface area contributed by atoms with Crippen LogP contribution in [0.25, 0.3) is 10.8 Å². The van der Waals surface area contributed by atoms with Crippen LogP contribution >= 0.6 is 0 Å². The van der Waals surface area contributed by atoms with Crippen LogP contribution in [0.15, 0.2) is 42.5 Å². The molecule has 0 aliphatic heterocycles. The summed E-state index contributed by atoms with van der Waals surface area (Å²) in [5.41, 5.74) is 0.998. The number of amides is 1. The summed E-state index contributed by atoms with van der Waals surface area (Å²) in [5.74, 6) is -0.0873. The fourth-order valence-electron chi connectivity index (χ4n) is 2.32. The molecule has 0 aliphatic carbocycles. The Hall–Kier alpha value is -3.11. The van der Waals surface area contributed by atoms with Gasteiger partial charge in [-0.25, -0.2) is 0 Å². The smallest absolute Gasteiger partial charge is 0.245 e. The summed E-state index contributed by atoms with van der Waals surface area (Å²) < 4.78 is 0. The molecule has 1 amide bonds. The Bertz CT molecular complexity index is 812. The van der Waals surface area contributed by atoms with Crippen molar-refractivity contribution < 1.29 is 9.59 Å². The summed E-state index contributed by atoms with van der Waals surface area (Å²) in [4.78, 5) is 23.8. The van der Waals surface area contributed by atoms with Gasteiger partial charge in [-0.15, -0.1) is 6.42 Å². The maximum atomic E-state index is 12.1. The molecule has 0 aromatic heterocycles. The number of hydrogen-bond donors (Lipinski definition) is 1. The standard InChI is InChI=1S/C19H16N2O2/c1-2-11-21-19(23)17(13-20)18(22)10-8-14-7-9-15-5-3-4-6-16(15)12-14/h1,3-7,9,12,17H,8,10-11H2,(H,21,23). The number of benzene rings is 2. The maximum absolute atomic E-state index is 12.1. The van der Waals surface area contributed by atoms with Gasteiger partial charge in [0, 0.05) is 6.42 Å². The van der Waals surface area contributed by atoms with Crippen LogP contribution in [0.1, 0.15) is 12.0 Å². The predicted octanol–water partition coefficient (Wildman–Crippen LogP) is 2.23. The van der Waals surface area contributed by atoms with E-state index in [2.05, 4.69) is 11.2 Å². The molecule has 0 saturated carbocycles. The van der Waals surface area contributed by atoms with Crippen molar-refractivity contribution in [2.24, 2.45) is 5.92 Å². The summed E-state index contributed by atoms with van der Waals surface area (Å²) in [6.07, 6.45) is 5.67. The van der Waals surface area contributed by atoms with Crippen LogP contribution < -0.4 is 5.32 Å². The first-order chi connectivity index (χ1) is 11.2. The number of Topliss-reactive ketones (excluding diaryl/α,β-unsaturated/α-hetero) is 1. The molecule has 2 aromatic rings. The first kappa shape index (κ1) is 16.3. The molecule has 1 N–H and O–H groups in total. The summed E-state index contributed by atoms with van der Waals surface area (Å²) in [6.45, 7) is 0.00890. The van der Waals surface area contributed by atoms with E-state index in [-0.39, 0.29) is 13.0 Å². The van der Waals surface area contributed by atoms with E-state index in [9.17, 15) is 9.59 Å². The molecule has 2 aromatic carbocycles. The highest BCUT2D eigenvalue weighted by Gasteiger charge is 2.25. The number of rotatable bonds is 6. The van der Waals surface area contributed by atoms with E-state index in [1.54, 1.807) is 6.07 Å². The van der Waals surface area contributed by atoms with Crippen molar-refractivity contribution in [2.75, 3.05) is 6.54 Å². The topological polar surface area (TPSA) is 70.0 Å². The van der Waals surface area contributed by atoms with Crippen LogP contribution in [0.5, 0.6) is 0 Å². The van der Waals surface area contributed by atoms with Crippen molar-refractivity contribution >= 4 is 22.5 Å². The lowest BCUT2D eigenvalue weighted by molar-refractivity contribution is -0.131. The fourth-order valence-corrected chi connectivity index (χ4v) is 2.32. The quantitative estimate of drug-likeness (QED) is 0.657. The lowest BCUT2D eigenvalue weighted by atomic mass is 9.97. The molecule has 4 heteroatoms. The van der Waals surface area contributed by atoms with E-state index in [1.165, 1.54) is 0 Å². The Labute approximate surface area is 135 Å². The molecule has 0 radical (unpaired) electrons. The van der Waals surface area contributed by atoms with Crippen LogP contribution in [-0.2, 0) is 16.0 Å². The van der Waals surface area contributed by atoms with Crippen molar-refractivity contribution in [3.8, 4) is 18.4 Å². The van der Waals surface area contributed by atoms with Gasteiger partial charge in [0.2, 0.25) is 5.91 Å². The SMILES string of the molecule is C#CCNC(=O)C(C#N)C(=O)CCc1ccc2ccccc2c1. The van der Waals surface area contributed by atoms with Crippen molar-refractivity contribution in [1.29, 1.82) is 5.26 Å². The van der Waals surface area contributed by atoms with Crippen LogP contribution in [-0.4, -0.2) is 18.2 Å². The van der Waals surface area contributed by atoms with Gasteiger partial charge >= 0.3 is 0 Å². The number of carbonyl (C=O) groups excluding carboxylic acids is 2. The third-order valence-corrected chi connectivity index (χ3v) is 3.55. The van der Waals surface area contributed by atoms with Crippen molar-refractivity contribution in [1.82, 2.24) is 5.32 Å². The molecule has 114 valence electrons. The molecular formula is C19H16N2O2. The van der Waals surface area contributed by atoms with E-state index in [0.29, 0.717) is 6.42 Å². The first-order valence-electron chi connectivity index (χ1n) is 7.27. The van der Waals surface area contributed by atoms with Crippen molar-refractivity contribution in [3.63, 3.8) is 0 Å². The number of aryl methyl sites for hydroxylation is 1. The molecule has 0 fully saturated rings. The highest BCUT2D eigenvalue weighted by Crippen LogP contribution is 2.17. The second-order valence-corrected chi connectivity index (χ2v) is 5.13. The Morgan fingerprint density at radius 1 is 1.17 bits per heavy atom. The Balaban J connectivity index is 2.00. The number of nitrogens with one attached hydrogen (secondary N) is 1. The molecule has 0 spiro atoms. The minimum Gasteiger partial charge on any atom is -0.344 e. The first-order valence-corrected chi connectivity index (χ1v) is 7.27. The Morgan fingerprint density at radius 2 is 1.91 bits per heavy atom. The largest absolute Gasteiger partial charge is 0.344 e. The van der Waals surface area contributed by atoms with E-state index in [1.807, 2.05) is 42.5 Å².